The molecule has 1 aliphatic rings. The van der Waals surface area contributed by atoms with Crippen molar-refractivity contribution in [3.63, 3.8) is 0 Å². The fourth-order valence-electron chi connectivity index (χ4n) is 1.44. The molecular weight excluding hydrogens is 169 g/mol. The summed E-state index contributed by atoms with van der Waals surface area (Å²) in [7, 11) is 0.646. The molecule has 2 atom stereocenters. The Balaban J connectivity index is 2.13. The van der Waals surface area contributed by atoms with Gasteiger partial charge in [0.2, 0.25) is 0 Å². The Morgan fingerprint density at radius 2 is 1.75 bits per heavy atom. The van der Waals surface area contributed by atoms with Gasteiger partial charge >= 0.3 is 0 Å². The second-order valence-electron chi connectivity index (χ2n) is 3.70. The van der Waals surface area contributed by atoms with Crippen molar-refractivity contribution in [2.45, 2.75) is 45.5 Å². The molecule has 1 saturated heterocycles. The van der Waals surface area contributed by atoms with Gasteiger partial charge in [0.15, 0.2) is 0 Å². The van der Waals surface area contributed by atoms with Gasteiger partial charge in [0, 0.05) is 14.6 Å². The zero-order chi connectivity index (χ0) is 8.97. The number of hydrogen-bond acceptors (Lipinski definition) is 2. The molecule has 0 amide bonds. The first-order valence-electron chi connectivity index (χ1n) is 4.85. The molecule has 0 aliphatic carbocycles. The second-order valence-corrected chi connectivity index (χ2v) is 5.01. The quantitative estimate of drug-likeness (QED) is 0.630. The maximum atomic E-state index is 5.60. The van der Waals surface area contributed by atoms with Crippen molar-refractivity contribution >= 4 is 8.81 Å². The Labute approximate surface area is 77.5 Å². The lowest BCUT2D eigenvalue weighted by Crippen LogP contribution is -2.26. The molecule has 0 spiro atoms. The topological polar surface area (TPSA) is 12.5 Å². The van der Waals surface area contributed by atoms with Crippen LogP contribution in [-0.2, 0) is 4.52 Å². The minimum absolute atomic E-state index is 0.383. The predicted molar refractivity (Wildman–Crippen MR) is 54.8 cm³/mol. The average Bonchev–Trinajstić information content (AvgIpc) is 2.51. The van der Waals surface area contributed by atoms with E-state index in [1.54, 1.807) is 0 Å². The Kier molecular flexibility index (Phi) is 4.49. The molecule has 1 rings (SSSR count). The van der Waals surface area contributed by atoms with Crippen LogP contribution in [0, 0.1) is 0 Å². The molecule has 2 nitrogen and oxygen atoms in total. The highest BCUT2D eigenvalue weighted by molar-refractivity contribution is 7.33. The van der Waals surface area contributed by atoms with E-state index in [2.05, 4.69) is 25.7 Å². The SMILES string of the molecule is CC(C)OPC(C)N1CCCC1. The minimum atomic E-state index is 0.383. The van der Waals surface area contributed by atoms with Crippen LogP contribution in [0.1, 0.15) is 33.6 Å². The lowest BCUT2D eigenvalue weighted by atomic mass is 10.4. The third-order valence-corrected chi connectivity index (χ3v) is 3.48. The van der Waals surface area contributed by atoms with E-state index in [1.165, 1.54) is 25.9 Å². The number of nitrogens with zero attached hydrogens (tertiary/aromatic N) is 1. The Morgan fingerprint density at radius 3 is 2.25 bits per heavy atom. The Bertz CT molecular complexity index is 124. The average molecular weight is 189 g/mol. The summed E-state index contributed by atoms with van der Waals surface area (Å²) in [4.78, 5) is 2.53. The van der Waals surface area contributed by atoms with Gasteiger partial charge in [0.05, 0.1) is 6.10 Å². The van der Waals surface area contributed by atoms with Crippen LogP contribution in [0.4, 0.5) is 0 Å². The van der Waals surface area contributed by atoms with E-state index >= 15 is 0 Å². The first kappa shape index (κ1) is 10.4. The molecule has 3 heteroatoms. The summed E-state index contributed by atoms with van der Waals surface area (Å²) >= 11 is 0. The van der Waals surface area contributed by atoms with Crippen molar-refractivity contribution in [3.05, 3.63) is 0 Å². The Morgan fingerprint density at radius 1 is 1.17 bits per heavy atom. The molecule has 0 bridgehead atoms. The van der Waals surface area contributed by atoms with Crippen LogP contribution in [0.15, 0.2) is 0 Å². The van der Waals surface area contributed by atoms with Crippen LogP contribution in [0.25, 0.3) is 0 Å². The lowest BCUT2D eigenvalue weighted by molar-refractivity contribution is 0.252. The number of likely N-dealkylation sites (tertiary alicyclic amines) is 1. The van der Waals surface area contributed by atoms with E-state index in [4.69, 9.17) is 4.52 Å². The maximum absolute atomic E-state index is 5.60. The van der Waals surface area contributed by atoms with Crippen LogP contribution in [-0.4, -0.2) is 29.9 Å². The van der Waals surface area contributed by atoms with E-state index in [0.29, 0.717) is 20.7 Å². The molecule has 2 unspecified atom stereocenters. The van der Waals surface area contributed by atoms with Crippen LogP contribution in [0.3, 0.4) is 0 Å². The first-order chi connectivity index (χ1) is 5.70. The fraction of sp³-hybridized carbons (Fsp3) is 1.00. The van der Waals surface area contributed by atoms with E-state index < -0.39 is 0 Å². The van der Waals surface area contributed by atoms with E-state index in [0.717, 1.165) is 0 Å². The summed E-state index contributed by atoms with van der Waals surface area (Å²) in [6.45, 7) is 9.02. The smallest absolute Gasteiger partial charge is 0.0558 e. The number of hydrogen-bond donors (Lipinski definition) is 0. The third-order valence-electron chi connectivity index (χ3n) is 2.16. The fourth-order valence-corrected chi connectivity index (χ4v) is 2.31. The summed E-state index contributed by atoms with van der Waals surface area (Å²) in [5.41, 5.74) is 0. The van der Waals surface area contributed by atoms with Crippen LogP contribution in [0.2, 0.25) is 0 Å². The lowest BCUT2D eigenvalue weighted by Gasteiger charge is -2.23. The van der Waals surface area contributed by atoms with Gasteiger partial charge in [-0.05, 0) is 46.7 Å². The highest BCUT2D eigenvalue weighted by Gasteiger charge is 2.18. The molecule has 0 aromatic heterocycles. The van der Waals surface area contributed by atoms with Gasteiger partial charge in [-0.15, -0.1) is 0 Å². The van der Waals surface area contributed by atoms with Crippen molar-refractivity contribution in [2.24, 2.45) is 0 Å². The van der Waals surface area contributed by atoms with Crippen molar-refractivity contribution in [2.75, 3.05) is 13.1 Å². The second kappa shape index (κ2) is 5.16. The summed E-state index contributed by atoms with van der Waals surface area (Å²) in [5, 5.41) is 0. The molecule has 1 fully saturated rings. The standard InChI is InChI=1S/C9H20NOP/c1-8(2)11-12-9(3)10-6-4-5-7-10/h8-9,12H,4-7H2,1-3H3. The molecule has 1 heterocycles. The van der Waals surface area contributed by atoms with Gasteiger partial charge in [0.25, 0.3) is 0 Å². The van der Waals surface area contributed by atoms with Gasteiger partial charge < -0.3 is 4.52 Å². The van der Waals surface area contributed by atoms with Crippen molar-refractivity contribution in [3.8, 4) is 0 Å². The van der Waals surface area contributed by atoms with E-state index in [9.17, 15) is 0 Å². The molecule has 0 radical (unpaired) electrons. The normalized spacial score (nSPS) is 23.0. The zero-order valence-corrected chi connectivity index (χ0v) is 9.34. The maximum Gasteiger partial charge on any atom is 0.0558 e. The molecule has 0 N–H and O–H groups in total. The van der Waals surface area contributed by atoms with E-state index in [-0.39, 0.29) is 0 Å². The van der Waals surface area contributed by atoms with Crippen molar-refractivity contribution in [1.29, 1.82) is 0 Å². The third kappa shape index (κ3) is 3.38. The molecular formula is C9H20NOP. The van der Waals surface area contributed by atoms with E-state index in [1.807, 2.05) is 0 Å². The van der Waals surface area contributed by atoms with Crippen LogP contribution in [0.5, 0.6) is 0 Å². The zero-order valence-electron chi connectivity index (χ0n) is 8.34. The molecule has 12 heavy (non-hydrogen) atoms. The Hall–Kier alpha value is 0.350. The molecule has 0 saturated carbocycles. The highest BCUT2D eigenvalue weighted by atomic mass is 31.1. The summed E-state index contributed by atoms with van der Waals surface area (Å²) in [6.07, 6.45) is 3.13. The minimum Gasteiger partial charge on any atom is -0.358 e. The van der Waals surface area contributed by atoms with Gasteiger partial charge in [-0.25, -0.2) is 0 Å². The highest BCUT2D eigenvalue weighted by Crippen LogP contribution is 2.27. The molecule has 1 aliphatic heterocycles. The number of rotatable bonds is 4. The van der Waals surface area contributed by atoms with Gasteiger partial charge in [0.1, 0.15) is 0 Å². The summed E-state index contributed by atoms with van der Waals surface area (Å²) in [6, 6.07) is 0. The summed E-state index contributed by atoms with van der Waals surface area (Å²) < 4.78 is 5.60. The van der Waals surface area contributed by atoms with Crippen LogP contribution < -0.4 is 0 Å². The van der Waals surface area contributed by atoms with Gasteiger partial charge in [-0.3, -0.25) is 4.90 Å². The van der Waals surface area contributed by atoms with Gasteiger partial charge in [-0.1, -0.05) is 0 Å². The van der Waals surface area contributed by atoms with Crippen molar-refractivity contribution in [1.82, 2.24) is 4.90 Å². The first-order valence-corrected chi connectivity index (χ1v) is 5.84. The molecule has 0 aromatic carbocycles. The predicted octanol–water partition coefficient (Wildman–Crippen LogP) is 2.45. The van der Waals surface area contributed by atoms with Crippen LogP contribution >= 0.6 is 8.81 Å². The van der Waals surface area contributed by atoms with Gasteiger partial charge in [-0.2, -0.15) is 0 Å². The molecule has 72 valence electrons. The van der Waals surface area contributed by atoms with Crippen molar-refractivity contribution < 1.29 is 4.52 Å². The molecule has 0 aromatic rings. The summed E-state index contributed by atoms with van der Waals surface area (Å²) in [5.74, 6) is 0.634. The monoisotopic (exact) mass is 189 g/mol. The largest absolute Gasteiger partial charge is 0.358 e.